The number of thiophene rings is 1. The van der Waals surface area contributed by atoms with Crippen molar-refractivity contribution >= 4 is 29.0 Å². The summed E-state index contributed by atoms with van der Waals surface area (Å²) in [4.78, 5) is 17.5. The molecule has 2 rings (SSSR count). The van der Waals surface area contributed by atoms with Crippen molar-refractivity contribution in [3.63, 3.8) is 0 Å². The fraction of sp³-hybridized carbons (Fsp3) is 0.231. The quantitative estimate of drug-likeness (QED) is 0.872. The molecule has 1 unspecified atom stereocenters. The predicted molar refractivity (Wildman–Crippen MR) is 76.2 cm³/mol. The van der Waals surface area contributed by atoms with E-state index in [1.54, 1.807) is 29.7 Å². The summed E-state index contributed by atoms with van der Waals surface area (Å²) in [5.41, 5.74) is 0.633. The first-order valence-electron chi connectivity index (χ1n) is 5.55. The lowest BCUT2D eigenvalue weighted by Gasteiger charge is -2.13. The summed E-state index contributed by atoms with van der Waals surface area (Å²) >= 11 is 3.12. The highest BCUT2D eigenvalue weighted by Crippen LogP contribution is 2.21. The Morgan fingerprint density at radius 1 is 1.44 bits per heavy atom. The molecule has 0 saturated heterocycles. The van der Waals surface area contributed by atoms with Crippen LogP contribution in [0.15, 0.2) is 40.9 Å². The summed E-state index contributed by atoms with van der Waals surface area (Å²) in [6.45, 7) is 1.98. The molecule has 2 aromatic heterocycles. The normalized spacial score (nSPS) is 12.1. The number of thioether (sulfide) groups is 1. The van der Waals surface area contributed by atoms with Gasteiger partial charge in [-0.1, -0.05) is 6.07 Å². The number of carbonyl (C=O) groups excluding carboxylic acids is 1. The number of nitrogens with zero attached hydrogens (tertiary/aromatic N) is 1. The van der Waals surface area contributed by atoms with Crippen LogP contribution in [-0.4, -0.2) is 17.1 Å². The highest BCUT2D eigenvalue weighted by Gasteiger charge is 2.15. The summed E-state index contributed by atoms with van der Waals surface area (Å²) in [6.07, 6.45) is 3.62. The van der Waals surface area contributed by atoms with E-state index in [9.17, 15) is 4.79 Å². The van der Waals surface area contributed by atoms with Crippen LogP contribution in [0.25, 0.3) is 0 Å². The van der Waals surface area contributed by atoms with Gasteiger partial charge in [-0.25, -0.2) is 4.98 Å². The zero-order valence-electron chi connectivity index (χ0n) is 10.2. The fourth-order valence-electron chi connectivity index (χ4n) is 1.61. The van der Waals surface area contributed by atoms with Crippen molar-refractivity contribution in [3.8, 4) is 0 Å². The lowest BCUT2D eigenvalue weighted by atomic mass is 10.2. The lowest BCUT2D eigenvalue weighted by molar-refractivity contribution is 0.0937. The molecule has 1 N–H and O–H groups in total. The van der Waals surface area contributed by atoms with Gasteiger partial charge >= 0.3 is 0 Å². The molecule has 2 aromatic rings. The van der Waals surface area contributed by atoms with Crippen molar-refractivity contribution in [2.75, 3.05) is 6.26 Å². The number of aromatic nitrogens is 1. The van der Waals surface area contributed by atoms with E-state index >= 15 is 0 Å². The third-order valence-corrected chi connectivity index (χ3v) is 4.29. The van der Waals surface area contributed by atoms with Gasteiger partial charge in [0.15, 0.2) is 0 Å². The van der Waals surface area contributed by atoms with E-state index in [2.05, 4.69) is 10.3 Å². The Hall–Kier alpha value is -1.33. The van der Waals surface area contributed by atoms with Gasteiger partial charge in [0.1, 0.15) is 5.03 Å². The highest BCUT2D eigenvalue weighted by molar-refractivity contribution is 7.98. The SMILES string of the molecule is CSc1ncccc1C(=O)NC(C)c1cccs1. The maximum Gasteiger partial charge on any atom is 0.254 e. The van der Waals surface area contributed by atoms with E-state index in [1.807, 2.05) is 30.7 Å². The molecule has 94 valence electrons. The molecular formula is C13H14N2OS2. The number of carbonyl (C=O) groups is 1. The molecule has 0 aliphatic carbocycles. The molecule has 1 amide bonds. The molecule has 2 heterocycles. The summed E-state index contributed by atoms with van der Waals surface area (Å²) < 4.78 is 0. The molecule has 18 heavy (non-hydrogen) atoms. The molecule has 1 atom stereocenters. The average Bonchev–Trinajstić information content (AvgIpc) is 2.92. The van der Waals surface area contributed by atoms with Crippen molar-refractivity contribution in [2.24, 2.45) is 0 Å². The summed E-state index contributed by atoms with van der Waals surface area (Å²) in [5.74, 6) is -0.0756. The van der Waals surface area contributed by atoms with Crippen LogP contribution >= 0.6 is 23.1 Å². The molecular weight excluding hydrogens is 264 g/mol. The van der Waals surface area contributed by atoms with Gasteiger partial charge < -0.3 is 5.32 Å². The Balaban J connectivity index is 2.12. The minimum Gasteiger partial charge on any atom is -0.345 e. The van der Waals surface area contributed by atoms with Gasteiger partial charge in [-0.05, 0) is 36.8 Å². The van der Waals surface area contributed by atoms with Crippen LogP contribution in [-0.2, 0) is 0 Å². The minimum atomic E-state index is -0.0756. The van der Waals surface area contributed by atoms with E-state index < -0.39 is 0 Å². The third kappa shape index (κ3) is 2.91. The first-order chi connectivity index (χ1) is 8.72. The van der Waals surface area contributed by atoms with Gasteiger partial charge in [0.05, 0.1) is 11.6 Å². The smallest absolute Gasteiger partial charge is 0.254 e. The summed E-state index contributed by atoms with van der Waals surface area (Å²) in [7, 11) is 0. The Morgan fingerprint density at radius 2 is 2.28 bits per heavy atom. The van der Waals surface area contributed by atoms with Gasteiger partial charge in [0.2, 0.25) is 0 Å². The van der Waals surface area contributed by atoms with Crippen molar-refractivity contribution in [2.45, 2.75) is 18.0 Å². The molecule has 0 aromatic carbocycles. The highest BCUT2D eigenvalue weighted by atomic mass is 32.2. The second-order valence-corrected chi connectivity index (χ2v) is 5.55. The number of amides is 1. The zero-order chi connectivity index (χ0) is 13.0. The lowest BCUT2D eigenvalue weighted by Crippen LogP contribution is -2.26. The van der Waals surface area contributed by atoms with Crippen molar-refractivity contribution in [1.29, 1.82) is 0 Å². The van der Waals surface area contributed by atoms with E-state index in [4.69, 9.17) is 0 Å². The number of nitrogens with one attached hydrogen (secondary N) is 1. The number of pyridine rings is 1. The Kier molecular flexibility index (Phi) is 4.38. The molecule has 0 aliphatic rings. The van der Waals surface area contributed by atoms with Gasteiger partial charge in [0.25, 0.3) is 5.91 Å². The van der Waals surface area contributed by atoms with Crippen LogP contribution < -0.4 is 5.32 Å². The molecule has 0 aliphatic heterocycles. The monoisotopic (exact) mass is 278 g/mol. The van der Waals surface area contributed by atoms with Crippen molar-refractivity contribution < 1.29 is 4.79 Å². The largest absolute Gasteiger partial charge is 0.345 e. The van der Waals surface area contributed by atoms with Gasteiger partial charge in [-0.3, -0.25) is 4.79 Å². The van der Waals surface area contributed by atoms with Crippen LogP contribution in [0.4, 0.5) is 0 Å². The van der Waals surface area contributed by atoms with Crippen LogP contribution in [0.5, 0.6) is 0 Å². The minimum absolute atomic E-state index is 0.0208. The van der Waals surface area contributed by atoms with Crippen LogP contribution in [0.3, 0.4) is 0 Å². The second-order valence-electron chi connectivity index (χ2n) is 3.77. The maximum atomic E-state index is 12.2. The van der Waals surface area contributed by atoms with E-state index in [-0.39, 0.29) is 11.9 Å². The number of hydrogen-bond donors (Lipinski definition) is 1. The van der Waals surface area contributed by atoms with Crippen LogP contribution in [0, 0.1) is 0 Å². The van der Waals surface area contributed by atoms with E-state index in [0.29, 0.717) is 5.56 Å². The Bertz CT molecular complexity index is 526. The molecule has 3 nitrogen and oxygen atoms in total. The first-order valence-corrected chi connectivity index (χ1v) is 7.66. The fourth-order valence-corrected chi connectivity index (χ4v) is 2.89. The Morgan fingerprint density at radius 3 is 2.94 bits per heavy atom. The first kappa shape index (κ1) is 13.1. The molecule has 5 heteroatoms. The maximum absolute atomic E-state index is 12.2. The van der Waals surface area contributed by atoms with Crippen LogP contribution in [0.1, 0.15) is 28.2 Å². The summed E-state index contributed by atoms with van der Waals surface area (Å²) in [5, 5.41) is 5.76. The Labute approximate surface area is 115 Å². The molecule has 0 fully saturated rings. The molecule has 0 saturated carbocycles. The van der Waals surface area contributed by atoms with E-state index in [0.717, 1.165) is 9.90 Å². The summed E-state index contributed by atoms with van der Waals surface area (Å²) in [6, 6.07) is 7.61. The van der Waals surface area contributed by atoms with Gasteiger partial charge in [0, 0.05) is 11.1 Å². The van der Waals surface area contributed by atoms with Crippen molar-refractivity contribution in [3.05, 3.63) is 46.3 Å². The topological polar surface area (TPSA) is 42.0 Å². The predicted octanol–water partition coefficient (Wildman–Crippen LogP) is 3.36. The standard InChI is InChI=1S/C13H14N2OS2/c1-9(11-6-4-8-18-11)15-12(16)10-5-3-7-14-13(10)17-2/h3-9H,1-2H3,(H,15,16). The average molecular weight is 278 g/mol. The van der Waals surface area contributed by atoms with Crippen molar-refractivity contribution in [1.82, 2.24) is 10.3 Å². The molecule has 0 bridgehead atoms. The van der Waals surface area contributed by atoms with E-state index in [1.165, 1.54) is 11.8 Å². The number of hydrogen-bond acceptors (Lipinski definition) is 4. The molecule has 0 spiro atoms. The number of rotatable bonds is 4. The molecule has 0 radical (unpaired) electrons. The second kappa shape index (κ2) is 6.02. The van der Waals surface area contributed by atoms with Gasteiger partial charge in [-0.15, -0.1) is 23.1 Å². The van der Waals surface area contributed by atoms with Gasteiger partial charge in [-0.2, -0.15) is 0 Å². The third-order valence-electron chi connectivity index (χ3n) is 2.53. The zero-order valence-corrected chi connectivity index (χ0v) is 11.8. The van der Waals surface area contributed by atoms with Crippen LogP contribution in [0.2, 0.25) is 0 Å².